The van der Waals surface area contributed by atoms with Gasteiger partial charge in [0, 0.05) is 10.0 Å². The first-order chi connectivity index (χ1) is 7.31. The first kappa shape index (κ1) is 16.9. The van der Waals surface area contributed by atoms with Crippen molar-refractivity contribution in [1.82, 2.24) is 0 Å². The van der Waals surface area contributed by atoms with Crippen LogP contribution in [0.25, 0.3) is 0 Å². The van der Waals surface area contributed by atoms with E-state index in [0.717, 1.165) is 0 Å². The van der Waals surface area contributed by atoms with Crippen molar-refractivity contribution in [2.24, 2.45) is 5.73 Å². The van der Waals surface area contributed by atoms with E-state index in [9.17, 15) is 13.9 Å². The molecule has 0 bridgehead atoms. The van der Waals surface area contributed by atoms with E-state index in [2.05, 4.69) is 15.9 Å². The van der Waals surface area contributed by atoms with Crippen LogP contribution in [0, 0.1) is 0 Å². The van der Waals surface area contributed by atoms with Gasteiger partial charge < -0.3 is 15.9 Å². The molecule has 0 radical (unpaired) electrons. The van der Waals surface area contributed by atoms with Crippen LogP contribution in [0.5, 0.6) is 5.75 Å². The number of phenols is 1. The highest BCUT2D eigenvalue weighted by atomic mass is 79.9. The van der Waals surface area contributed by atoms with Gasteiger partial charge in [0.25, 0.3) is 5.92 Å². The first-order valence-corrected chi connectivity index (χ1v) is 5.39. The van der Waals surface area contributed by atoms with Gasteiger partial charge in [-0.2, -0.15) is 0 Å². The number of alkyl halides is 2. The molecule has 0 aliphatic carbocycles. The SMILES string of the molecule is Cl.N[C@H](c1c(Br)ccc(Cl)c1O)C(F)(F)CO. The molecule has 0 saturated carbocycles. The van der Waals surface area contributed by atoms with Gasteiger partial charge >= 0.3 is 0 Å². The van der Waals surface area contributed by atoms with E-state index < -0.39 is 24.3 Å². The van der Waals surface area contributed by atoms with Crippen LogP contribution < -0.4 is 5.73 Å². The number of aliphatic hydroxyl groups is 1. The van der Waals surface area contributed by atoms with Crippen molar-refractivity contribution in [1.29, 1.82) is 0 Å². The van der Waals surface area contributed by atoms with E-state index in [-0.39, 0.29) is 27.5 Å². The topological polar surface area (TPSA) is 66.5 Å². The molecule has 0 aliphatic rings. The van der Waals surface area contributed by atoms with Crippen LogP contribution in [-0.2, 0) is 0 Å². The quantitative estimate of drug-likeness (QED) is 0.783. The van der Waals surface area contributed by atoms with Crippen molar-refractivity contribution >= 4 is 39.9 Å². The minimum absolute atomic E-state index is 0. The highest BCUT2D eigenvalue weighted by Gasteiger charge is 2.40. The predicted molar refractivity (Wildman–Crippen MR) is 67.0 cm³/mol. The lowest BCUT2D eigenvalue weighted by molar-refractivity contribution is -0.0717. The Labute approximate surface area is 116 Å². The number of hydrogen-bond acceptors (Lipinski definition) is 3. The summed E-state index contributed by atoms with van der Waals surface area (Å²) < 4.78 is 26.6. The van der Waals surface area contributed by atoms with E-state index in [1.165, 1.54) is 12.1 Å². The standard InChI is InChI=1S/C9H9BrClF2NO2.ClH/c10-4-1-2-5(11)7(16)6(4)8(14)9(12,13)3-15;/h1-2,8,15-16H,3,14H2;1H/t8-;/m1./s1. The zero-order chi connectivity index (χ0) is 12.5. The molecule has 0 fully saturated rings. The zero-order valence-electron chi connectivity index (χ0n) is 8.33. The molecule has 3 nitrogen and oxygen atoms in total. The summed E-state index contributed by atoms with van der Waals surface area (Å²) in [6.45, 7) is -1.41. The zero-order valence-corrected chi connectivity index (χ0v) is 11.5. The fourth-order valence-corrected chi connectivity index (χ4v) is 1.89. The maximum Gasteiger partial charge on any atom is 0.289 e. The number of aliphatic hydroxyl groups excluding tert-OH is 1. The normalized spacial score (nSPS) is 13.1. The Morgan fingerprint density at radius 1 is 1.47 bits per heavy atom. The Morgan fingerprint density at radius 3 is 2.47 bits per heavy atom. The Bertz CT molecular complexity index is 407. The number of aromatic hydroxyl groups is 1. The number of hydrogen-bond donors (Lipinski definition) is 3. The third-order valence-corrected chi connectivity index (χ3v) is 3.09. The van der Waals surface area contributed by atoms with Gasteiger partial charge in [-0.1, -0.05) is 27.5 Å². The molecule has 4 N–H and O–H groups in total. The van der Waals surface area contributed by atoms with Crippen LogP contribution in [-0.4, -0.2) is 22.7 Å². The molecule has 17 heavy (non-hydrogen) atoms. The number of benzene rings is 1. The highest BCUT2D eigenvalue weighted by Crippen LogP contribution is 2.41. The minimum atomic E-state index is -3.54. The van der Waals surface area contributed by atoms with E-state index >= 15 is 0 Å². The lowest BCUT2D eigenvalue weighted by Gasteiger charge is -2.23. The van der Waals surface area contributed by atoms with Crippen molar-refractivity contribution in [3.05, 3.63) is 27.2 Å². The summed E-state index contributed by atoms with van der Waals surface area (Å²) in [6, 6.07) is 0.893. The van der Waals surface area contributed by atoms with Crippen molar-refractivity contribution in [2.75, 3.05) is 6.61 Å². The van der Waals surface area contributed by atoms with Gasteiger partial charge in [0.15, 0.2) is 0 Å². The van der Waals surface area contributed by atoms with Crippen LogP contribution in [0.2, 0.25) is 5.02 Å². The Morgan fingerprint density at radius 2 is 2.00 bits per heavy atom. The Kier molecular flexibility index (Phi) is 6.10. The predicted octanol–water partition coefficient (Wildman–Crippen LogP) is 2.86. The third kappa shape index (κ3) is 3.42. The van der Waals surface area contributed by atoms with Crippen LogP contribution in [0.4, 0.5) is 8.78 Å². The molecule has 8 heteroatoms. The van der Waals surface area contributed by atoms with Gasteiger partial charge in [0.05, 0.1) is 5.02 Å². The Hall–Kier alpha value is -0.140. The van der Waals surface area contributed by atoms with Crippen LogP contribution >= 0.6 is 39.9 Å². The van der Waals surface area contributed by atoms with Crippen molar-refractivity contribution in [3.8, 4) is 5.75 Å². The van der Waals surface area contributed by atoms with Crippen molar-refractivity contribution in [3.63, 3.8) is 0 Å². The summed E-state index contributed by atoms with van der Waals surface area (Å²) in [6.07, 6.45) is 0. The fourth-order valence-electron chi connectivity index (χ4n) is 1.16. The molecule has 0 saturated heterocycles. The minimum Gasteiger partial charge on any atom is -0.506 e. The summed E-state index contributed by atoms with van der Waals surface area (Å²) in [4.78, 5) is 0. The number of phenolic OH excluding ortho intramolecular Hbond substituents is 1. The summed E-state index contributed by atoms with van der Waals surface area (Å²) >= 11 is 8.58. The van der Waals surface area contributed by atoms with E-state index in [1.54, 1.807) is 0 Å². The van der Waals surface area contributed by atoms with Crippen molar-refractivity contribution < 1.29 is 19.0 Å². The van der Waals surface area contributed by atoms with Gasteiger partial charge in [-0.15, -0.1) is 12.4 Å². The van der Waals surface area contributed by atoms with Crippen LogP contribution in [0.1, 0.15) is 11.6 Å². The average Bonchev–Trinajstić information content (AvgIpc) is 2.24. The first-order valence-electron chi connectivity index (χ1n) is 4.22. The number of halogens is 5. The lowest BCUT2D eigenvalue weighted by Crippen LogP contribution is -2.36. The fraction of sp³-hybridized carbons (Fsp3) is 0.333. The van der Waals surface area contributed by atoms with Crippen LogP contribution in [0.3, 0.4) is 0 Å². The molecule has 0 aromatic heterocycles. The smallest absolute Gasteiger partial charge is 0.289 e. The monoisotopic (exact) mass is 351 g/mol. The second kappa shape index (κ2) is 6.15. The molecule has 98 valence electrons. The molecule has 1 rings (SSSR count). The number of nitrogens with two attached hydrogens (primary N) is 1. The summed E-state index contributed by atoms with van der Waals surface area (Å²) in [5.41, 5.74) is 5.07. The molecule has 0 amide bonds. The van der Waals surface area contributed by atoms with Crippen molar-refractivity contribution in [2.45, 2.75) is 12.0 Å². The molecule has 0 aliphatic heterocycles. The van der Waals surface area contributed by atoms with Crippen LogP contribution in [0.15, 0.2) is 16.6 Å². The molecule has 1 aromatic carbocycles. The molecule has 1 aromatic rings. The maximum atomic E-state index is 13.2. The number of rotatable bonds is 3. The largest absolute Gasteiger partial charge is 0.506 e. The van der Waals surface area contributed by atoms with Gasteiger partial charge in [0.2, 0.25) is 0 Å². The maximum absolute atomic E-state index is 13.2. The summed E-state index contributed by atoms with van der Waals surface area (Å²) in [5.74, 6) is -4.05. The van der Waals surface area contributed by atoms with E-state index in [1.807, 2.05) is 0 Å². The van der Waals surface area contributed by atoms with Gasteiger partial charge in [-0.05, 0) is 12.1 Å². The second-order valence-corrected chi connectivity index (χ2v) is 4.45. The van der Waals surface area contributed by atoms with Gasteiger partial charge in [0.1, 0.15) is 18.4 Å². The van der Waals surface area contributed by atoms with Gasteiger partial charge in [-0.3, -0.25) is 0 Å². The van der Waals surface area contributed by atoms with E-state index in [0.29, 0.717) is 0 Å². The van der Waals surface area contributed by atoms with E-state index in [4.69, 9.17) is 22.4 Å². The molecule has 0 heterocycles. The summed E-state index contributed by atoms with van der Waals surface area (Å²) in [7, 11) is 0. The second-order valence-electron chi connectivity index (χ2n) is 3.19. The molecular weight excluding hydrogens is 343 g/mol. The lowest BCUT2D eigenvalue weighted by atomic mass is 10.0. The highest BCUT2D eigenvalue weighted by molar-refractivity contribution is 9.10. The Balaban J connectivity index is 0.00000256. The molecule has 0 unspecified atom stereocenters. The molecular formula is C9H10BrCl2F2NO2. The molecule has 0 spiro atoms. The average molecular weight is 353 g/mol. The summed E-state index contributed by atoms with van der Waals surface area (Å²) in [5, 5.41) is 18.0. The van der Waals surface area contributed by atoms with Gasteiger partial charge in [-0.25, -0.2) is 8.78 Å². The third-order valence-electron chi connectivity index (χ3n) is 2.09. The molecule has 1 atom stereocenters.